The Hall–Kier alpha value is -1.21. The van der Waals surface area contributed by atoms with Gasteiger partial charge in [0.2, 0.25) is 5.13 Å². The van der Waals surface area contributed by atoms with Gasteiger partial charge >= 0.3 is 6.03 Å². The van der Waals surface area contributed by atoms with Crippen LogP contribution in [0.2, 0.25) is 0 Å². The molecule has 18 heavy (non-hydrogen) atoms. The van der Waals surface area contributed by atoms with Crippen LogP contribution in [0.5, 0.6) is 0 Å². The standard InChI is InChI=1S/C11H18N4O2S/c1-2-3-9-14-15-11(18-9)13-10(16)12-6-8-4-5-17-7-8/h8H,2-7H2,1H3,(H2,12,13,15,16). The molecule has 0 radical (unpaired) electrons. The van der Waals surface area contributed by atoms with Gasteiger partial charge in [-0.1, -0.05) is 18.3 Å². The van der Waals surface area contributed by atoms with Gasteiger partial charge in [-0.3, -0.25) is 5.32 Å². The molecule has 1 unspecified atom stereocenters. The molecule has 7 heteroatoms. The molecule has 0 aromatic carbocycles. The summed E-state index contributed by atoms with van der Waals surface area (Å²) in [6.45, 7) is 4.27. The molecular weight excluding hydrogens is 252 g/mol. The smallest absolute Gasteiger partial charge is 0.321 e. The third-order valence-corrected chi connectivity index (χ3v) is 3.62. The molecule has 0 bridgehead atoms. The molecular formula is C11H18N4O2S. The number of amides is 2. The highest BCUT2D eigenvalue weighted by atomic mass is 32.1. The zero-order valence-corrected chi connectivity index (χ0v) is 11.3. The molecule has 1 aliphatic rings. The summed E-state index contributed by atoms with van der Waals surface area (Å²) in [7, 11) is 0. The Morgan fingerprint density at radius 3 is 3.17 bits per heavy atom. The van der Waals surface area contributed by atoms with Gasteiger partial charge in [0.15, 0.2) is 0 Å². The fraction of sp³-hybridized carbons (Fsp3) is 0.727. The number of anilines is 1. The number of hydrogen-bond acceptors (Lipinski definition) is 5. The number of rotatable bonds is 5. The summed E-state index contributed by atoms with van der Waals surface area (Å²) >= 11 is 1.43. The van der Waals surface area contributed by atoms with Crippen LogP contribution in [0.25, 0.3) is 0 Å². The van der Waals surface area contributed by atoms with Crippen LogP contribution < -0.4 is 10.6 Å². The number of ether oxygens (including phenoxy) is 1. The van der Waals surface area contributed by atoms with Crippen molar-refractivity contribution < 1.29 is 9.53 Å². The maximum Gasteiger partial charge on any atom is 0.321 e. The quantitative estimate of drug-likeness (QED) is 0.853. The van der Waals surface area contributed by atoms with Gasteiger partial charge < -0.3 is 10.1 Å². The van der Waals surface area contributed by atoms with Crippen LogP contribution in [0.3, 0.4) is 0 Å². The van der Waals surface area contributed by atoms with E-state index in [1.54, 1.807) is 0 Å². The minimum atomic E-state index is -0.221. The number of carbonyl (C=O) groups excluding carboxylic acids is 1. The molecule has 2 heterocycles. The molecule has 100 valence electrons. The molecule has 0 aliphatic carbocycles. The highest BCUT2D eigenvalue weighted by molar-refractivity contribution is 7.15. The summed E-state index contributed by atoms with van der Waals surface area (Å²) in [6.07, 6.45) is 2.95. The summed E-state index contributed by atoms with van der Waals surface area (Å²) < 4.78 is 5.25. The van der Waals surface area contributed by atoms with E-state index < -0.39 is 0 Å². The van der Waals surface area contributed by atoms with Crippen molar-refractivity contribution in [1.82, 2.24) is 15.5 Å². The number of nitrogens with zero attached hydrogens (tertiary/aromatic N) is 2. The van der Waals surface area contributed by atoms with E-state index in [-0.39, 0.29) is 6.03 Å². The topological polar surface area (TPSA) is 76.1 Å². The Bertz CT molecular complexity index is 390. The summed E-state index contributed by atoms with van der Waals surface area (Å²) in [6, 6.07) is -0.221. The first-order valence-corrected chi connectivity index (χ1v) is 7.04. The molecule has 0 spiro atoms. The van der Waals surface area contributed by atoms with E-state index in [4.69, 9.17) is 4.74 Å². The third kappa shape index (κ3) is 3.92. The second-order valence-corrected chi connectivity index (χ2v) is 5.38. The molecule has 1 fully saturated rings. The molecule has 1 saturated heterocycles. The van der Waals surface area contributed by atoms with Crippen molar-refractivity contribution in [3.8, 4) is 0 Å². The van der Waals surface area contributed by atoms with Gasteiger partial charge in [0.25, 0.3) is 0 Å². The van der Waals surface area contributed by atoms with E-state index in [1.165, 1.54) is 11.3 Å². The Morgan fingerprint density at radius 1 is 1.56 bits per heavy atom. The molecule has 1 aromatic heterocycles. The lowest BCUT2D eigenvalue weighted by atomic mass is 10.1. The average Bonchev–Trinajstić information content (AvgIpc) is 2.99. The Labute approximate surface area is 110 Å². The van der Waals surface area contributed by atoms with E-state index in [1.807, 2.05) is 0 Å². The van der Waals surface area contributed by atoms with Crippen LogP contribution >= 0.6 is 11.3 Å². The summed E-state index contributed by atoms with van der Waals surface area (Å²) in [5, 5.41) is 15.0. The minimum absolute atomic E-state index is 0.221. The van der Waals surface area contributed by atoms with Crippen molar-refractivity contribution in [2.45, 2.75) is 26.2 Å². The molecule has 0 saturated carbocycles. The van der Waals surface area contributed by atoms with E-state index in [0.29, 0.717) is 17.6 Å². The second-order valence-electron chi connectivity index (χ2n) is 4.32. The predicted molar refractivity (Wildman–Crippen MR) is 69.9 cm³/mol. The van der Waals surface area contributed by atoms with Gasteiger partial charge in [0.05, 0.1) is 6.61 Å². The second kappa shape index (κ2) is 6.65. The molecule has 2 rings (SSSR count). The highest BCUT2D eigenvalue weighted by Gasteiger charge is 2.16. The van der Waals surface area contributed by atoms with Gasteiger partial charge in [-0.25, -0.2) is 4.79 Å². The maximum absolute atomic E-state index is 11.6. The van der Waals surface area contributed by atoms with Crippen molar-refractivity contribution in [2.24, 2.45) is 5.92 Å². The van der Waals surface area contributed by atoms with E-state index >= 15 is 0 Å². The van der Waals surface area contributed by atoms with Gasteiger partial charge in [-0.15, -0.1) is 10.2 Å². The molecule has 1 aromatic rings. The van der Waals surface area contributed by atoms with Crippen molar-refractivity contribution >= 4 is 22.5 Å². The fourth-order valence-corrected chi connectivity index (χ4v) is 2.58. The SMILES string of the molecule is CCCc1nnc(NC(=O)NCC2CCOC2)s1. The number of aromatic nitrogens is 2. The van der Waals surface area contributed by atoms with Crippen LogP contribution in [0.1, 0.15) is 24.8 Å². The largest absolute Gasteiger partial charge is 0.381 e. The van der Waals surface area contributed by atoms with Crippen molar-refractivity contribution in [3.05, 3.63) is 5.01 Å². The number of nitrogens with one attached hydrogen (secondary N) is 2. The monoisotopic (exact) mass is 270 g/mol. The summed E-state index contributed by atoms with van der Waals surface area (Å²) in [4.78, 5) is 11.6. The van der Waals surface area contributed by atoms with Crippen molar-refractivity contribution in [1.29, 1.82) is 0 Å². The van der Waals surface area contributed by atoms with Crippen molar-refractivity contribution in [2.75, 3.05) is 25.1 Å². The highest BCUT2D eigenvalue weighted by Crippen LogP contribution is 2.16. The maximum atomic E-state index is 11.6. The number of aryl methyl sites for hydroxylation is 1. The first-order valence-electron chi connectivity index (χ1n) is 6.23. The summed E-state index contributed by atoms with van der Waals surface area (Å²) in [5.74, 6) is 0.431. The van der Waals surface area contributed by atoms with E-state index in [0.717, 1.165) is 37.5 Å². The number of hydrogen-bond donors (Lipinski definition) is 2. The molecule has 6 nitrogen and oxygen atoms in total. The van der Waals surface area contributed by atoms with Crippen LogP contribution in [0.15, 0.2) is 0 Å². The molecule has 2 amide bonds. The third-order valence-electron chi connectivity index (χ3n) is 2.73. The van der Waals surface area contributed by atoms with Gasteiger partial charge in [0, 0.05) is 25.5 Å². The molecule has 1 atom stereocenters. The van der Waals surface area contributed by atoms with Crippen LogP contribution in [0, 0.1) is 5.92 Å². The lowest BCUT2D eigenvalue weighted by Crippen LogP contribution is -2.33. The van der Waals surface area contributed by atoms with Crippen LogP contribution in [0.4, 0.5) is 9.93 Å². The van der Waals surface area contributed by atoms with Crippen LogP contribution in [-0.4, -0.2) is 36.0 Å². The number of urea groups is 1. The Balaban J connectivity index is 1.72. The summed E-state index contributed by atoms with van der Waals surface area (Å²) in [5.41, 5.74) is 0. The molecule has 2 N–H and O–H groups in total. The number of carbonyl (C=O) groups is 1. The van der Waals surface area contributed by atoms with Gasteiger partial charge in [-0.05, 0) is 12.8 Å². The van der Waals surface area contributed by atoms with Gasteiger partial charge in [0.1, 0.15) is 5.01 Å². The Morgan fingerprint density at radius 2 is 2.44 bits per heavy atom. The van der Waals surface area contributed by atoms with E-state index in [2.05, 4.69) is 27.8 Å². The van der Waals surface area contributed by atoms with E-state index in [9.17, 15) is 4.79 Å². The van der Waals surface area contributed by atoms with Gasteiger partial charge in [-0.2, -0.15) is 0 Å². The Kier molecular flexibility index (Phi) is 4.89. The zero-order valence-electron chi connectivity index (χ0n) is 10.4. The average molecular weight is 270 g/mol. The molecule has 1 aliphatic heterocycles. The minimum Gasteiger partial charge on any atom is -0.381 e. The van der Waals surface area contributed by atoms with Crippen molar-refractivity contribution in [3.63, 3.8) is 0 Å². The first-order chi connectivity index (χ1) is 8.78. The normalized spacial score (nSPS) is 18.8. The lowest BCUT2D eigenvalue weighted by molar-refractivity contribution is 0.185. The van der Waals surface area contributed by atoms with Crippen LogP contribution in [-0.2, 0) is 11.2 Å². The lowest BCUT2D eigenvalue weighted by Gasteiger charge is -2.08. The predicted octanol–water partition coefficient (Wildman–Crippen LogP) is 1.65. The first kappa shape index (κ1) is 13.2. The fourth-order valence-electron chi connectivity index (χ4n) is 1.74. The zero-order chi connectivity index (χ0) is 12.8.